The summed E-state index contributed by atoms with van der Waals surface area (Å²) in [4.78, 5) is 41.8. The summed E-state index contributed by atoms with van der Waals surface area (Å²) in [5.74, 6) is 0.308. The lowest BCUT2D eigenvalue weighted by Crippen LogP contribution is -2.52. The van der Waals surface area contributed by atoms with Crippen molar-refractivity contribution in [3.8, 4) is 0 Å². The molecule has 0 spiro atoms. The van der Waals surface area contributed by atoms with Crippen LogP contribution < -0.4 is 5.32 Å². The number of rotatable bonds is 6. The third-order valence-corrected chi connectivity index (χ3v) is 8.11. The Balaban J connectivity index is 1.27. The van der Waals surface area contributed by atoms with Gasteiger partial charge in [-0.05, 0) is 48.5 Å². The molecule has 0 radical (unpaired) electrons. The molecule has 0 aromatic heterocycles. The lowest BCUT2D eigenvalue weighted by molar-refractivity contribution is -0.148. The third-order valence-electron chi connectivity index (χ3n) is 8.11. The van der Waals surface area contributed by atoms with Gasteiger partial charge in [-0.2, -0.15) is 0 Å². The summed E-state index contributed by atoms with van der Waals surface area (Å²) < 4.78 is 5.63. The van der Waals surface area contributed by atoms with Crippen molar-refractivity contribution in [3.05, 3.63) is 48.0 Å². The molecule has 2 bridgehead atoms. The monoisotopic (exact) mass is 420 g/mol. The molecule has 2 aliphatic heterocycles. The zero-order valence-corrected chi connectivity index (χ0v) is 17.5. The summed E-state index contributed by atoms with van der Waals surface area (Å²) in [7, 11) is 0. The van der Waals surface area contributed by atoms with Crippen LogP contribution in [-0.4, -0.2) is 47.9 Å². The zero-order chi connectivity index (χ0) is 21.1. The fourth-order valence-corrected chi connectivity index (χ4v) is 6.56. The summed E-state index contributed by atoms with van der Waals surface area (Å²) in [6.07, 6.45) is 7.74. The molecule has 1 N–H and O–H groups in total. The third kappa shape index (κ3) is 3.06. The van der Waals surface area contributed by atoms with Gasteiger partial charge in [0.15, 0.2) is 0 Å². The van der Waals surface area contributed by atoms with Crippen molar-refractivity contribution in [1.29, 1.82) is 0 Å². The van der Waals surface area contributed by atoms with Crippen LogP contribution in [0.2, 0.25) is 0 Å². The molecule has 3 amide bonds. The van der Waals surface area contributed by atoms with E-state index in [1.165, 1.54) is 4.90 Å². The largest absolute Gasteiger partial charge is 0.376 e. The second kappa shape index (κ2) is 7.30. The number of likely N-dealkylation sites (tertiary alicyclic amines) is 1. The predicted octanol–water partition coefficient (Wildman–Crippen LogP) is 1.95. The molecular formula is C25H28N2O4. The molecule has 0 unspecified atom stereocenters. The fourth-order valence-electron chi connectivity index (χ4n) is 6.56. The van der Waals surface area contributed by atoms with Gasteiger partial charge in [0.2, 0.25) is 17.7 Å². The van der Waals surface area contributed by atoms with Gasteiger partial charge in [-0.25, -0.2) is 0 Å². The summed E-state index contributed by atoms with van der Waals surface area (Å²) in [5, 5.41) is 2.97. The maximum absolute atomic E-state index is 13.6. The number of hydrogen-bond donors (Lipinski definition) is 1. The minimum absolute atomic E-state index is 0.0149. The standard InChI is InChI=1S/C25H28N2O4/c28-23(26-13-15-7-4-10-31-15)20(11-14-5-2-1-3-6-14)27-24(29)21-16-8-9-17(19-12-18(16)19)22(21)25(27)30/h1-3,5-6,8-9,15-22H,4,7,10-13H2,(H,26,28)/t15-,16-,17-,18-,19-,20-,21-,22+/m1/s1. The van der Waals surface area contributed by atoms with Crippen molar-refractivity contribution in [1.82, 2.24) is 10.2 Å². The highest BCUT2D eigenvalue weighted by Crippen LogP contribution is 2.65. The van der Waals surface area contributed by atoms with Crippen LogP contribution in [0.4, 0.5) is 0 Å². The second-order valence-electron chi connectivity index (χ2n) is 9.79. The Morgan fingerprint density at radius 2 is 1.74 bits per heavy atom. The molecule has 162 valence electrons. The Bertz CT molecular complexity index is 902. The van der Waals surface area contributed by atoms with E-state index >= 15 is 0 Å². The SMILES string of the molecule is O=C(NC[C@H]1CCCO1)[C@@H](Cc1ccccc1)N1C(=O)[C@@H]2[C@@H]3C=C[C@H]([C@H]4C[C@H]34)[C@@H]2C1=O. The molecule has 4 aliphatic carbocycles. The van der Waals surface area contributed by atoms with Crippen molar-refractivity contribution in [3.63, 3.8) is 0 Å². The van der Waals surface area contributed by atoms with E-state index in [0.29, 0.717) is 24.8 Å². The first-order valence-electron chi connectivity index (χ1n) is 11.6. The molecule has 31 heavy (non-hydrogen) atoms. The van der Waals surface area contributed by atoms with E-state index in [1.54, 1.807) is 0 Å². The first-order valence-corrected chi connectivity index (χ1v) is 11.6. The highest BCUT2D eigenvalue weighted by molar-refractivity contribution is 6.09. The van der Waals surface area contributed by atoms with Crippen molar-refractivity contribution in [2.45, 2.75) is 37.8 Å². The summed E-state index contributed by atoms with van der Waals surface area (Å²) in [6, 6.07) is 8.83. The number of nitrogens with zero attached hydrogens (tertiary/aromatic N) is 1. The van der Waals surface area contributed by atoms with Crippen LogP contribution >= 0.6 is 0 Å². The van der Waals surface area contributed by atoms with E-state index in [2.05, 4.69) is 17.5 Å². The maximum atomic E-state index is 13.6. The highest BCUT2D eigenvalue weighted by atomic mass is 16.5. The average Bonchev–Trinajstić information content (AvgIpc) is 3.38. The molecule has 6 aliphatic rings. The molecule has 1 aromatic rings. The molecule has 1 aromatic carbocycles. The smallest absolute Gasteiger partial charge is 0.243 e. The average molecular weight is 421 g/mol. The lowest BCUT2D eigenvalue weighted by Gasteiger charge is -2.37. The molecule has 6 nitrogen and oxygen atoms in total. The van der Waals surface area contributed by atoms with Crippen LogP contribution in [0, 0.1) is 35.5 Å². The van der Waals surface area contributed by atoms with Gasteiger partial charge in [0, 0.05) is 19.6 Å². The molecule has 2 saturated heterocycles. The summed E-state index contributed by atoms with van der Waals surface area (Å²) in [6.45, 7) is 1.14. The quantitative estimate of drug-likeness (QED) is 0.564. The zero-order valence-electron chi connectivity index (χ0n) is 17.5. The molecule has 4 fully saturated rings. The number of amides is 3. The van der Waals surface area contributed by atoms with Gasteiger partial charge >= 0.3 is 0 Å². The summed E-state index contributed by atoms with van der Waals surface area (Å²) >= 11 is 0. The minimum Gasteiger partial charge on any atom is -0.376 e. The van der Waals surface area contributed by atoms with E-state index in [9.17, 15) is 14.4 Å². The number of ether oxygens (including phenoxy) is 1. The highest BCUT2D eigenvalue weighted by Gasteiger charge is 2.67. The van der Waals surface area contributed by atoms with Crippen LogP contribution in [0.1, 0.15) is 24.8 Å². The van der Waals surface area contributed by atoms with Crippen LogP contribution in [0.15, 0.2) is 42.5 Å². The Labute approximate surface area is 182 Å². The van der Waals surface area contributed by atoms with Gasteiger partial charge in [0.05, 0.1) is 17.9 Å². The van der Waals surface area contributed by atoms with Gasteiger partial charge in [0.25, 0.3) is 0 Å². The number of carbonyl (C=O) groups excluding carboxylic acids is 3. The second-order valence-corrected chi connectivity index (χ2v) is 9.79. The number of benzene rings is 1. The number of carbonyl (C=O) groups is 3. The Morgan fingerprint density at radius 3 is 2.35 bits per heavy atom. The first kappa shape index (κ1) is 19.2. The lowest BCUT2D eigenvalue weighted by atomic mass is 9.63. The number of hydrogen-bond acceptors (Lipinski definition) is 4. The molecule has 8 atom stereocenters. The van der Waals surface area contributed by atoms with Crippen LogP contribution in [0.25, 0.3) is 0 Å². The van der Waals surface area contributed by atoms with Crippen LogP contribution in [0.5, 0.6) is 0 Å². The molecule has 2 saturated carbocycles. The van der Waals surface area contributed by atoms with E-state index < -0.39 is 6.04 Å². The van der Waals surface area contributed by atoms with Crippen LogP contribution in [0.3, 0.4) is 0 Å². The molecule has 7 rings (SSSR count). The minimum atomic E-state index is -0.815. The van der Waals surface area contributed by atoms with Crippen molar-refractivity contribution >= 4 is 17.7 Å². The molecule has 6 heteroatoms. The van der Waals surface area contributed by atoms with Gasteiger partial charge in [0.1, 0.15) is 6.04 Å². The van der Waals surface area contributed by atoms with Gasteiger partial charge in [-0.1, -0.05) is 42.5 Å². The number of allylic oxidation sites excluding steroid dienone is 2. The Hall–Kier alpha value is -2.47. The molecular weight excluding hydrogens is 392 g/mol. The van der Waals surface area contributed by atoms with Gasteiger partial charge in [-0.3, -0.25) is 19.3 Å². The first-order chi connectivity index (χ1) is 15.1. The Morgan fingerprint density at radius 1 is 1.06 bits per heavy atom. The maximum Gasteiger partial charge on any atom is 0.243 e. The predicted molar refractivity (Wildman–Crippen MR) is 112 cm³/mol. The van der Waals surface area contributed by atoms with Gasteiger partial charge in [-0.15, -0.1) is 0 Å². The van der Waals surface area contributed by atoms with Crippen molar-refractivity contribution in [2.24, 2.45) is 35.5 Å². The van der Waals surface area contributed by atoms with Gasteiger partial charge < -0.3 is 10.1 Å². The van der Waals surface area contributed by atoms with E-state index in [0.717, 1.165) is 31.4 Å². The van der Waals surface area contributed by atoms with Crippen molar-refractivity contribution < 1.29 is 19.1 Å². The van der Waals surface area contributed by atoms with E-state index in [-0.39, 0.29) is 47.5 Å². The fraction of sp³-hybridized carbons (Fsp3) is 0.560. The number of nitrogens with one attached hydrogen (secondary N) is 1. The van der Waals surface area contributed by atoms with Crippen LogP contribution in [-0.2, 0) is 25.5 Å². The topological polar surface area (TPSA) is 75.7 Å². The molecule has 2 heterocycles. The van der Waals surface area contributed by atoms with E-state index in [1.807, 2.05) is 30.3 Å². The van der Waals surface area contributed by atoms with E-state index in [4.69, 9.17) is 4.74 Å². The Kier molecular flexibility index (Phi) is 4.53. The number of imide groups is 1. The van der Waals surface area contributed by atoms with Crippen molar-refractivity contribution in [2.75, 3.05) is 13.2 Å². The normalized spacial score (nSPS) is 38.2. The summed E-state index contributed by atoms with van der Waals surface area (Å²) in [5.41, 5.74) is 0.944.